The zero-order valence-corrected chi connectivity index (χ0v) is 8.49. The lowest BCUT2D eigenvalue weighted by Crippen LogP contribution is -2.12. The molecule has 0 aliphatic rings. The highest BCUT2D eigenvalue weighted by Gasteiger charge is 2.03. The molecule has 0 amide bonds. The molecule has 1 heterocycles. The molecule has 78 valence electrons. The van der Waals surface area contributed by atoms with Crippen molar-refractivity contribution in [2.45, 2.75) is 26.4 Å². The van der Waals surface area contributed by atoms with E-state index in [2.05, 4.69) is 15.3 Å². The summed E-state index contributed by atoms with van der Waals surface area (Å²) in [5.74, 6) is 1.22. The molecular formula is C9H16N4O. The molecule has 1 unspecified atom stereocenters. The molecule has 0 saturated heterocycles. The van der Waals surface area contributed by atoms with Crippen molar-refractivity contribution in [2.75, 3.05) is 17.6 Å². The highest BCUT2D eigenvalue weighted by molar-refractivity contribution is 5.53. The van der Waals surface area contributed by atoms with E-state index in [0.29, 0.717) is 18.8 Å². The molecular weight excluding hydrogens is 180 g/mol. The highest BCUT2D eigenvalue weighted by Crippen LogP contribution is 2.14. The predicted molar refractivity (Wildman–Crippen MR) is 56.0 cm³/mol. The van der Waals surface area contributed by atoms with Crippen molar-refractivity contribution in [2.24, 2.45) is 0 Å². The number of aliphatic hydroxyl groups excluding tert-OH is 1. The van der Waals surface area contributed by atoms with Crippen molar-refractivity contribution in [1.82, 2.24) is 9.97 Å². The topological polar surface area (TPSA) is 84.1 Å². The zero-order valence-electron chi connectivity index (χ0n) is 8.49. The maximum absolute atomic E-state index is 9.06. The Balaban J connectivity index is 2.54. The summed E-state index contributed by atoms with van der Waals surface area (Å²) in [5, 5.41) is 12.2. The molecule has 4 N–H and O–H groups in total. The quantitative estimate of drug-likeness (QED) is 0.655. The second-order valence-electron chi connectivity index (χ2n) is 3.30. The van der Waals surface area contributed by atoms with Crippen molar-refractivity contribution >= 4 is 11.6 Å². The van der Waals surface area contributed by atoms with Gasteiger partial charge >= 0.3 is 0 Å². The second-order valence-corrected chi connectivity index (χ2v) is 3.30. The number of aromatic nitrogens is 2. The summed E-state index contributed by atoms with van der Waals surface area (Å²) < 4.78 is 0. The van der Waals surface area contributed by atoms with Gasteiger partial charge in [-0.15, -0.1) is 0 Å². The lowest BCUT2D eigenvalue weighted by molar-refractivity contribution is 0.188. The summed E-state index contributed by atoms with van der Waals surface area (Å²) in [6.07, 6.45) is 1.80. The number of nitrogens with two attached hydrogens (primary N) is 1. The van der Waals surface area contributed by atoms with Crippen LogP contribution >= 0.6 is 0 Å². The van der Waals surface area contributed by atoms with Crippen molar-refractivity contribution in [1.29, 1.82) is 0 Å². The fourth-order valence-electron chi connectivity index (χ4n) is 1.04. The van der Waals surface area contributed by atoms with Crippen molar-refractivity contribution in [3.05, 3.63) is 11.9 Å². The van der Waals surface area contributed by atoms with Crippen LogP contribution in [0.3, 0.4) is 0 Å². The van der Waals surface area contributed by atoms with E-state index in [1.54, 1.807) is 6.92 Å². The molecule has 0 bridgehead atoms. The molecule has 14 heavy (non-hydrogen) atoms. The fraction of sp³-hybridized carbons (Fsp3) is 0.556. The molecule has 1 rings (SSSR count). The van der Waals surface area contributed by atoms with E-state index in [0.717, 1.165) is 11.4 Å². The number of anilines is 2. The molecule has 0 radical (unpaired) electrons. The van der Waals surface area contributed by atoms with Gasteiger partial charge in [0.2, 0.25) is 0 Å². The summed E-state index contributed by atoms with van der Waals surface area (Å²) >= 11 is 0. The van der Waals surface area contributed by atoms with E-state index < -0.39 is 0 Å². The van der Waals surface area contributed by atoms with Gasteiger partial charge in [-0.3, -0.25) is 0 Å². The molecule has 0 aromatic carbocycles. The van der Waals surface area contributed by atoms with Gasteiger partial charge in [-0.05, 0) is 20.3 Å². The summed E-state index contributed by atoms with van der Waals surface area (Å²) in [6, 6.07) is 0. The van der Waals surface area contributed by atoms with Crippen LogP contribution in [0.5, 0.6) is 0 Å². The van der Waals surface area contributed by atoms with Gasteiger partial charge in [0.15, 0.2) is 0 Å². The number of nitrogens with one attached hydrogen (secondary N) is 1. The molecule has 1 atom stereocenters. The van der Waals surface area contributed by atoms with E-state index >= 15 is 0 Å². The average molecular weight is 196 g/mol. The van der Waals surface area contributed by atoms with Gasteiger partial charge in [-0.25, -0.2) is 9.97 Å². The van der Waals surface area contributed by atoms with E-state index in [1.165, 1.54) is 6.33 Å². The van der Waals surface area contributed by atoms with Crippen LogP contribution < -0.4 is 11.1 Å². The van der Waals surface area contributed by atoms with Crippen LogP contribution in [0, 0.1) is 6.92 Å². The molecule has 0 fully saturated rings. The first-order chi connectivity index (χ1) is 6.61. The Hall–Kier alpha value is -1.36. The Morgan fingerprint density at radius 1 is 1.57 bits per heavy atom. The maximum Gasteiger partial charge on any atom is 0.134 e. The number of hydrogen-bond acceptors (Lipinski definition) is 5. The first kappa shape index (κ1) is 10.7. The third kappa shape index (κ3) is 2.85. The molecule has 1 aromatic heterocycles. The molecule has 5 nitrogen and oxygen atoms in total. The Bertz CT molecular complexity index is 301. The lowest BCUT2D eigenvalue weighted by atomic mass is 10.2. The summed E-state index contributed by atoms with van der Waals surface area (Å²) in [5.41, 5.74) is 6.46. The first-order valence-electron chi connectivity index (χ1n) is 4.60. The number of nitrogen functional groups attached to an aromatic ring is 1. The van der Waals surface area contributed by atoms with Crippen molar-refractivity contribution < 1.29 is 5.11 Å². The third-order valence-corrected chi connectivity index (χ3v) is 1.98. The Kier molecular flexibility index (Phi) is 3.64. The van der Waals surface area contributed by atoms with E-state index in [9.17, 15) is 0 Å². The van der Waals surface area contributed by atoms with Crippen LogP contribution in [0.2, 0.25) is 0 Å². The molecule has 0 aliphatic heterocycles. The lowest BCUT2D eigenvalue weighted by Gasteiger charge is -2.09. The summed E-state index contributed by atoms with van der Waals surface area (Å²) in [4.78, 5) is 7.91. The standard InChI is InChI=1S/C9H16N4O/c1-6(14)3-4-11-9-7(2)8(10)12-5-13-9/h5-6,14H,3-4H2,1-2H3,(H3,10,11,12,13). The van der Waals surface area contributed by atoms with Crippen LogP contribution in [0.15, 0.2) is 6.33 Å². The largest absolute Gasteiger partial charge is 0.393 e. The first-order valence-corrected chi connectivity index (χ1v) is 4.60. The van der Waals surface area contributed by atoms with Crippen LogP contribution in [0.4, 0.5) is 11.6 Å². The highest BCUT2D eigenvalue weighted by atomic mass is 16.3. The molecule has 0 aliphatic carbocycles. The van der Waals surface area contributed by atoms with Crippen molar-refractivity contribution in [3.8, 4) is 0 Å². The minimum absolute atomic E-state index is 0.304. The van der Waals surface area contributed by atoms with E-state index in [4.69, 9.17) is 10.8 Å². The number of rotatable bonds is 4. The molecule has 1 aromatic rings. The smallest absolute Gasteiger partial charge is 0.134 e. The van der Waals surface area contributed by atoms with Gasteiger partial charge < -0.3 is 16.2 Å². The van der Waals surface area contributed by atoms with Crippen LogP contribution in [0.25, 0.3) is 0 Å². The van der Waals surface area contributed by atoms with E-state index in [-0.39, 0.29) is 6.10 Å². The normalized spacial score (nSPS) is 12.5. The maximum atomic E-state index is 9.06. The molecule has 0 saturated carbocycles. The zero-order chi connectivity index (χ0) is 10.6. The van der Waals surface area contributed by atoms with Gasteiger partial charge in [-0.1, -0.05) is 0 Å². The number of nitrogens with zero attached hydrogens (tertiary/aromatic N) is 2. The fourth-order valence-corrected chi connectivity index (χ4v) is 1.04. The van der Waals surface area contributed by atoms with E-state index in [1.807, 2.05) is 6.92 Å². The Morgan fingerprint density at radius 2 is 2.29 bits per heavy atom. The average Bonchev–Trinajstić information content (AvgIpc) is 2.12. The van der Waals surface area contributed by atoms with Gasteiger partial charge in [-0.2, -0.15) is 0 Å². The Morgan fingerprint density at radius 3 is 2.93 bits per heavy atom. The van der Waals surface area contributed by atoms with Gasteiger partial charge in [0, 0.05) is 12.1 Å². The minimum Gasteiger partial charge on any atom is -0.393 e. The molecule has 5 heteroatoms. The number of aliphatic hydroxyl groups is 1. The monoisotopic (exact) mass is 196 g/mol. The van der Waals surface area contributed by atoms with Crippen LogP contribution in [0.1, 0.15) is 18.9 Å². The Labute approximate surface area is 83.4 Å². The summed E-state index contributed by atoms with van der Waals surface area (Å²) in [6.45, 7) is 4.29. The minimum atomic E-state index is -0.304. The van der Waals surface area contributed by atoms with Gasteiger partial charge in [0.1, 0.15) is 18.0 Å². The van der Waals surface area contributed by atoms with Gasteiger partial charge in [0.05, 0.1) is 6.10 Å². The van der Waals surface area contributed by atoms with Crippen LogP contribution in [-0.4, -0.2) is 27.7 Å². The number of hydrogen-bond donors (Lipinski definition) is 3. The van der Waals surface area contributed by atoms with Crippen molar-refractivity contribution in [3.63, 3.8) is 0 Å². The molecule has 0 spiro atoms. The summed E-state index contributed by atoms with van der Waals surface area (Å²) in [7, 11) is 0. The van der Waals surface area contributed by atoms with Crippen LogP contribution in [-0.2, 0) is 0 Å². The van der Waals surface area contributed by atoms with Gasteiger partial charge in [0.25, 0.3) is 0 Å². The SMILES string of the molecule is Cc1c(N)ncnc1NCCC(C)O. The predicted octanol–water partition coefficient (Wildman–Crippen LogP) is 0.550. The second kappa shape index (κ2) is 4.76. The third-order valence-electron chi connectivity index (χ3n) is 1.98.